The van der Waals surface area contributed by atoms with Crippen LogP contribution in [0.5, 0.6) is 0 Å². The Kier molecular flexibility index (Phi) is 4.79. The van der Waals surface area contributed by atoms with E-state index in [2.05, 4.69) is 10.3 Å². The molecule has 2 amide bonds. The van der Waals surface area contributed by atoms with Gasteiger partial charge < -0.3 is 15.3 Å². The van der Waals surface area contributed by atoms with Gasteiger partial charge in [0.25, 0.3) is 5.91 Å². The first-order valence-corrected chi connectivity index (χ1v) is 7.56. The fourth-order valence-corrected chi connectivity index (χ4v) is 2.74. The van der Waals surface area contributed by atoms with Crippen LogP contribution in [0.15, 0.2) is 23.4 Å². The van der Waals surface area contributed by atoms with Gasteiger partial charge in [0.15, 0.2) is 0 Å². The predicted molar refractivity (Wildman–Crippen MR) is 76.1 cm³/mol. The average Bonchev–Trinajstić information content (AvgIpc) is 2.48. The molecule has 0 spiro atoms. The first-order chi connectivity index (χ1) is 10.0. The number of hydrogen-bond acceptors (Lipinski definition) is 5. The van der Waals surface area contributed by atoms with Crippen LogP contribution in [0.3, 0.4) is 0 Å². The molecule has 21 heavy (non-hydrogen) atoms. The Morgan fingerprint density at radius 1 is 1.57 bits per heavy atom. The van der Waals surface area contributed by atoms with Crippen LogP contribution in [0.4, 0.5) is 0 Å². The summed E-state index contributed by atoms with van der Waals surface area (Å²) in [7, 11) is 0. The summed E-state index contributed by atoms with van der Waals surface area (Å²) in [6, 6.07) is 2.29. The van der Waals surface area contributed by atoms with Gasteiger partial charge in [-0.2, -0.15) is 0 Å². The molecule has 0 bridgehead atoms. The molecule has 0 saturated carbocycles. The van der Waals surface area contributed by atoms with Gasteiger partial charge in [-0.15, -0.1) is 11.8 Å². The minimum absolute atomic E-state index is 0.283. The van der Waals surface area contributed by atoms with E-state index in [4.69, 9.17) is 5.11 Å². The molecule has 2 N–H and O–H groups in total. The number of rotatable bonds is 4. The van der Waals surface area contributed by atoms with E-state index in [-0.39, 0.29) is 12.5 Å². The lowest BCUT2D eigenvalue weighted by Crippen LogP contribution is -2.57. The van der Waals surface area contributed by atoms with Crippen LogP contribution in [0, 0.1) is 0 Å². The normalized spacial score (nSPS) is 18.2. The Hall–Kier alpha value is -2.09. The second-order valence-electron chi connectivity index (χ2n) is 4.46. The molecule has 2 heterocycles. The number of carboxylic acids is 1. The Bertz CT molecular complexity index is 578. The van der Waals surface area contributed by atoms with Crippen molar-refractivity contribution in [1.82, 2.24) is 15.2 Å². The van der Waals surface area contributed by atoms with Gasteiger partial charge in [0, 0.05) is 19.3 Å². The summed E-state index contributed by atoms with van der Waals surface area (Å²) < 4.78 is 0. The third-order valence-corrected chi connectivity index (χ3v) is 3.87. The van der Waals surface area contributed by atoms with Gasteiger partial charge in [-0.3, -0.25) is 14.4 Å². The molecule has 1 unspecified atom stereocenters. The van der Waals surface area contributed by atoms with Crippen molar-refractivity contribution in [2.45, 2.75) is 17.5 Å². The molecule has 1 aromatic rings. The molecule has 1 saturated heterocycles. The maximum absolute atomic E-state index is 12.6. The number of carbonyl (C=O) groups excluding carboxylic acids is 2. The monoisotopic (exact) mass is 309 g/mol. The number of aromatic nitrogens is 1. The fourth-order valence-electron chi connectivity index (χ4n) is 2.20. The van der Waals surface area contributed by atoms with Gasteiger partial charge in [-0.05, 0) is 18.4 Å². The molecular formula is C13H15N3O4S. The Morgan fingerprint density at radius 2 is 2.33 bits per heavy atom. The Labute approximate surface area is 125 Å². The lowest BCUT2D eigenvalue weighted by molar-refractivity contribution is -0.142. The summed E-state index contributed by atoms with van der Waals surface area (Å²) >= 11 is 1.33. The van der Waals surface area contributed by atoms with Crippen molar-refractivity contribution >= 4 is 29.5 Å². The maximum atomic E-state index is 12.6. The summed E-state index contributed by atoms with van der Waals surface area (Å²) in [5.41, 5.74) is 0.384. The fraction of sp³-hybridized carbons (Fsp3) is 0.385. The van der Waals surface area contributed by atoms with Crippen LogP contribution in [0.1, 0.15) is 16.8 Å². The van der Waals surface area contributed by atoms with E-state index < -0.39 is 24.3 Å². The van der Waals surface area contributed by atoms with Crippen LogP contribution in [-0.2, 0) is 9.59 Å². The van der Waals surface area contributed by atoms with Crippen molar-refractivity contribution < 1.29 is 19.5 Å². The third kappa shape index (κ3) is 3.33. The number of carboxylic acid groups (broad SMARTS) is 1. The quantitative estimate of drug-likeness (QED) is 0.772. The zero-order chi connectivity index (χ0) is 15.4. The number of carbonyl (C=O) groups is 3. The minimum Gasteiger partial charge on any atom is -0.481 e. The molecule has 8 heteroatoms. The summed E-state index contributed by atoms with van der Waals surface area (Å²) in [4.78, 5) is 40.8. The van der Waals surface area contributed by atoms with Crippen LogP contribution in [0.2, 0.25) is 0 Å². The Morgan fingerprint density at radius 3 is 3.00 bits per heavy atom. The molecule has 2 rings (SSSR count). The van der Waals surface area contributed by atoms with Gasteiger partial charge in [-0.1, -0.05) is 0 Å². The molecule has 0 aromatic carbocycles. The second kappa shape index (κ2) is 6.57. The second-order valence-corrected chi connectivity index (χ2v) is 5.26. The van der Waals surface area contributed by atoms with Gasteiger partial charge in [-0.25, -0.2) is 4.98 Å². The molecule has 1 aliphatic rings. The van der Waals surface area contributed by atoms with E-state index in [1.54, 1.807) is 24.6 Å². The summed E-state index contributed by atoms with van der Waals surface area (Å²) in [6.07, 6.45) is 2.98. The standard InChI is InChI=1S/C13H15N3O4S/c1-21-12-8(3-2-4-15-12)13(20)16-6-5-14-11(19)9(16)7-10(17)18/h2-4,9H,5-7H2,1H3,(H,14,19)(H,17,18). The molecule has 112 valence electrons. The van der Waals surface area contributed by atoms with Crippen molar-refractivity contribution in [3.63, 3.8) is 0 Å². The highest BCUT2D eigenvalue weighted by atomic mass is 32.2. The number of amides is 2. The van der Waals surface area contributed by atoms with Crippen molar-refractivity contribution in [3.05, 3.63) is 23.9 Å². The number of nitrogens with zero attached hydrogens (tertiary/aromatic N) is 2. The van der Waals surface area contributed by atoms with Crippen molar-refractivity contribution in [2.75, 3.05) is 19.3 Å². The smallest absolute Gasteiger partial charge is 0.305 e. The maximum Gasteiger partial charge on any atom is 0.305 e. The predicted octanol–water partition coefficient (Wildman–Crippen LogP) is 0.219. The van der Waals surface area contributed by atoms with Gasteiger partial charge in [0.05, 0.1) is 12.0 Å². The van der Waals surface area contributed by atoms with E-state index >= 15 is 0 Å². The number of thioether (sulfide) groups is 1. The lowest BCUT2D eigenvalue weighted by Gasteiger charge is -2.34. The molecule has 1 atom stereocenters. The van der Waals surface area contributed by atoms with Crippen molar-refractivity contribution in [1.29, 1.82) is 0 Å². The largest absolute Gasteiger partial charge is 0.481 e. The topological polar surface area (TPSA) is 99.6 Å². The van der Waals surface area contributed by atoms with E-state index in [1.165, 1.54) is 16.7 Å². The molecular weight excluding hydrogens is 294 g/mol. The van der Waals surface area contributed by atoms with Gasteiger partial charge in [0.2, 0.25) is 5.91 Å². The van der Waals surface area contributed by atoms with Crippen LogP contribution >= 0.6 is 11.8 Å². The summed E-state index contributed by atoms with van der Waals surface area (Å²) in [5, 5.41) is 12.1. The highest BCUT2D eigenvalue weighted by Crippen LogP contribution is 2.21. The SMILES string of the molecule is CSc1ncccc1C(=O)N1CCNC(=O)C1CC(=O)O. The highest BCUT2D eigenvalue weighted by Gasteiger charge is 2.35. The number of piperazine rings is 1. The Balaban J connectivity index is 2.30. The molecule has 1 aliphatic heterocycles. The first kappa shape index (κ1) is 15.3. The number of hydrogen-bond donors (Lipinski definition) is 2. The van der Waals surface area contributed by atoms with Gasteiger partial charge in [0.1, 0.15) is 11.1 Å². The zero-order valence-electron chi connectivity index (χ0n) is 11.4. The van der Waals surface area contributed by atoms with E-state index in [9.17, 15) is 14.4 Å². The number of pyridine rings is 1. The molecule has 7 nitrogen and oxygen atoms in total. The first-order valence-electron chi connectivity index (χ1n) is 6.34. The molecule has 0 aliphatic carbocycles. The van der Waals surface area contributed by atoms with Crippen LogP contribution < -0.4 is 5.32 Å². The number of aliphatic carboxylic acids is 1. The van der Waals surface area contributed by atoms with E-state index in [1.807, 2.05) is 0 Å². The van der Waals surface area contributed by atoms with E-state index in [0.717, 1.165) is 0 Å². The van der Waals surface area contributed by atoms with Crippen molar-refractivity contribution in [3.8, 4) is 0 Å². The summed E-state index contributed by atoms with van der Waals surface area (Å²) in [5.74, 6) is -1.92. The molecule has 1 fully saturated rings. The average molecular weight is 309 g/mol. The van der Waals surface area contributed by atoms with Crippen LogP contribution in [-0.4, -0.2) is 58.2 Å². The van der Waals surface area contributed by atoms with Crippen molar-refractivity contribution in [2.24, 2.45) is 0 Å². The van der Waals surface area contributed by atoms with Gasteiger partial charge >= 0.3 is 5.97 Å². The molecule has 0 radical (unpaired) electrons. The highest BCUT2D eigenvalue weighted by molar-refractivity contribution is 7.98. The molecule has 1 aromatic heterocycles. The zero-order valence-corrected chi connectivity index (χ0v) is 12.2. The van der Waals surface area contributed by atoms with Crippen LogP contribution in [0.25, 0.3) is 0 Å². The lowest BCUT2D eigenvalue weighted by atomic mass is 10.1. The number of nitrogens with one attached hydrogen (secondary N) is 1. The minimum atomic E-state index is -1.12. The third-order valence-electron chi connectivity index (χ3n) is 3.15. The van der Waals surface area contributed by atoms with E-state index in [0.29, 0.717) is 17.1 Å². The summed E-state index contributed by atoms with van der Waals surface area (Å²) in [6.45, 7) is 0.598.